The molecule has 4 heteroatoms. The summed E-state index contributed by atoms with van der Waals surface area (Å²) in [5, 5.41) is 0. The molecule has 2 aliphatic heterocycles. The Bertz CT molecular complexity index is 554. The number of nitrogens with zero attached hydrogens (tertiary/aromatic N) is 1. The lowest BCUT2D eigenvalue weighted by Crippen LogP contribution is -2.44. The number of ether oxygens (including phenoxy) is 1. The van der Waals surface area contributed by atoms with E-state index in [1.165, 1.54) is 29.5 Å². The lowest BCUT2D eigenvalue weighted by atomic mass is 9.92. The molecule has 22 heavy (non-hydrogen) atoms. The fourth-order valence-corrected chi connectivity index (χ4v) is 4.29. The molecule has 2 saturated heterocycles. The highest BCUT2D eigenvalue weighted by molar-refractivity contribution is 5.81. The van der Waals surface area contributed by atoms with Crippen molar-refractivity contribution in [3.05, 3.63) is 28.8 Å². The fourth-order valence-electron chi connectivity index (χ4n) is 4.29. The normalized spacial score (nSPS) is 25.7. The van der Waals surface area contributed by atoms with Crippen LogP contribution in [0.2, 0.25) is 0 Å². The number of benzene rings is 1. The highest BCUT2D eigenvalue weighted by Crippen LogP contribution is 2.41. The van der Waals surface area contributed by atoms with Crippen molar-refractivity contribution in [2.24, 2.45) is 0 Å². The number of ketones is 1. The highest BCUT2D eigenvalue weighted by atomic mass is 16.5. The molecule has 2 fully saturated rings. The summed E-state index contributed by atoms with van der Waals surface area (Å²) >= 11 is 0. The number of Topliss-reactive ketones (excluding diaryl/α,β-unsaturated/α-hetero) is 1. The molecule has 2 aliphatic rings. The second-order valence-corrected chi connectivity index (χ2v) is 6.56. The molecule has 0 spiro atoms. The molecule has 0 aliphatic carbocycles. The molecular formula is C18H28N2O2. The molecule has 3 rings (SSSR count). The molecule has 1 aromatic carbocycles. The first-order valence-corrected chi connectivity index (χ1v) is 7.96. The third-order valence-electron chi connectivity index (χ3n) is 5.50. The van der Waals surface area contributed by atoms with Crippen LogP contribution in [0.25, 0.3) is 0 Å². The quantitative estimate of drug-likeness (QED) is 0.924. The van der Waals surface area contributed by atoms with Crippen LogP contribution in [0, 0.1) is 13.8 Å². The van der Waals surface area contributed by atoms with E-state index < -0.39 is 0 Å². The molecule has 122 valence electrons. The summed E-state index contributed by atoms with van der Waals surface area (Å²) in [4.78, 5) is 14.4. The first-order valence-electron chi connectivity index (χ1n) is 7.96. The molecule has 3 atom stereocenters. The molecule has 1 aromatic rings. The molecular weight excluding hydrogens is 276 g/mol. The van der Waals surface area contributed by atoms with Gasteiger partial charge in [0.05, 0.1) is 7.11 Å². The maximum absolute atomic E-state index is 11.8. The van der Waals surface area contributed by atoms with Crippen LogP contribution in [0.15, 0.2) is 12.1 Å². The number of hydrogen-bond donors (Lipinski definition) is 1. The first-order chi connectivity index (χ1) is 10.0. The van der Waals surface area contributed by atoms with Gasteiger partial charge < -0.3 is 10.9 Å². The third-order valence-corrected chi connectivity index (χ3v) is 5.50. The number of carbonyl (C=O) groups excluding carboxylic acids is 1. The molecule has 0 amide bonds. The van der Waals surface area contributed by atoms with Gasteiger partial charge in [0, 0.05) is 31.0 Å². The van der Waals surface area contributed by atoms with Crippen LogP contribution in [0.3, 0.4) is 0 Å². The molecule has 2 heterocycles. The monoisotopic (exact) mass is 304 g/mol. The van der Waals surface area contributed by atoms with Crippen LogP contribution < -0.4 is 10.9 Å². The van der Waals surface area contributed by atoms with Crippen molar-refractivity contribution < 1.29 is 9.53 Å². The van der Waals surface area contributed by atoms with Gasteiger partial charge in [0.2, 0.25) is 0 Å². The summed E-state index contributed by atoms with van der Waals surface area (Å²) in [6.45, 7) is 6.59. The van der Waals surface area contributed by atoms with E-state index in [9.17, 15) is 4.79 Å². The van der Waals surface area contributed by atoms with E-state index in [0.717, 1.165) is 18.6 Å². The topological polar surface area (TPSA) is 64.5 Å². The van der Waals surface area contributed by atoms with Gasteiger partial charge in [-0.3, -0.25) is 9.69 Å². The van der Waals surface area contributed by atoms with E-state index in [0.29, 0.717) is 23.9 Å². The zero-order chi connectivity index (χ0) is 15.1. The van der Waals surface area contributed by atoms with Crippen molar-refractivity contribution in [1.82, 2.24) is 11.1 Å². The third kappa shape index (κ3) is 2.66. The second kappa shape index (κ2) is 6.39. The van der Waals surface area contributed by atoms with E-state index in [1.807, 2.05) is 0 Å². The first kappa shape index (κ1) is 17.0. The standard InChI is InChI=1S/C18H25NO2.H3N/c1-11-12(2)18(21-4)8-7-17(11)13(3)19-14-5-6-15(19)10-16(20)9-14;/h7-8,13-15H,5-6,9-10H2,1-4H3;1H3. The Morgan fingerprint density at radius 3 is 2.27 bits per heavy atom. The fraction of sp³-hybridized carbons (Fsp3) is 0.611. The maximum atomic E-state index is 11.8. The Hall–Kier alpha value is -1.39. The van der Waals surface area contributed by atoms with Crippen LogP contribution in [0.4, 0.5) is 0 Å². The second-order valence-electron chi connectivity index (χ2n) is 6.56. The Labute approximate surface area is 133 Å². The maximum Gasteiger partial charge on any atom is 0.136 e. The summed E-state index contributed by atoms with van der Waals surface area (Å²) in [5.41, 5.74) is 3.92. The average Bonchev–Trinajstić information content (AvgIpc) is 2.73. The molecule has 2 bridgehead atoms. The van der Waals surface area contributed by atoms with Gasteiger partial charge in [-0.05, 0) is 56.4 Å². The minimum atomic E-state index is 0. The minimum Gasteiger partial charge on any atom is -0.496 e. The zero-order valence-corrected chi connectivity index (χ0v) is 14.2. The summed E-state index contributed by atoms with van der Waals surface area (Å²) in [7, 11) is 1.72. The van der Waals surface area contributed by atoms with E-state index >= 15 is 0 Å². The van der Waals surface area contributed by atoms with Gasteiger partial charge in [-0.15, -0.1) is 0 Å². The van der Waals surface area contributed by atoms with Crippen molar-refractivity contribution in [2.45, 2.75) is 64.6 Å². The number of piperidine rings is 1. The van der Waals surface area contributed by atoms with E-state index in [2.05, 4.69) is 37.8 Å². The molecule has 0 radical (unpaired) electrons. The van der Waals surface area contributed by atoms with Gasteiger partial charge in [0.15, 0.2) is 0 Å². The molecule has 0 saturated carbocycles. The van der Waals surface area contributed by atoms with Crippen molar-refractivity contribution in [3.63, 3.8) is 0 Å². The van der Waals surface area contributed by atoms with Crippen LogP contribution in [-0.4, -0.2) is 29.9 Å². The summed E-state index contributed by atoms with van der Waals surface area (Å²) in [5.74, 6) is 1.41. The molecule has 0 aromatic heterocycles. The minimum absolute atomic E-state index is 0. The van der Waals surface area contributed by atoms with Crippen molar-refractivity contribution >= 4 is 5.78 Å². The highest BCUT2D eigenvalue weighted by Gasteiger charge is 2.42. The van der Waals surface area contributed by atoms with Crippen LogP contribution in [0.1, 0.15) is 55.3 Å². The van der Waals surface area contributed by atoms with E-state index in [4.69, 9.17) is 4.74 Å². The molecule has 3 N–H and O–H groups in total. The lowest BCUT2D eigenvalue weighted by molar-refractivity contribution is -0.124. The van der Waals surface area contributed by atoms with Gasteiger partial charge >= 0.3 is 0 Å². The molecule has 4 nitrogen and oxygen atoms in total. The Morgan fingerprint density at radius 1 is 1.14 bits per heavy atom. The number of fused-ring (bicyclic) bond motifs is 2. The van der Waals surface area contributed by atoms with Gasteiger partial charge in [0.1, 0.15) is 11.5 Å². The number of carbonyl (C=O) groups is 1. The van der Waals surface area contributed by atoms with Crippen LogP contribution in [-0.2, 0) is 4.79 Å². The Kier molecular flexibility index (Phi) is 4.93. The lowest BCUT2D eigenvalue weighted by Gasteiger charge is -2.39. The predicted octanol–water partition coefficient (Wildman–Crippen LogP) is 3.73. The van der Waals surface area contributed by atoms with Gasteiger partial charge in [0.25, 0.3) is 0 Å². The molecule has 3 unspecified atom stereocenters. The zero-order valence-electron chi connectivity index (χ0n) is 14.2. The largest absolute Gasteiger partial charge is 0.496 e. The Balaban J connectivity index is 0.00000176. The summed E-state index contributed by atoms with van der Waals surface area (Å²) in [6, 6.07) is 5.55. The van der Waals surface area contributed by atoms with Crippen molar-refractivity contribution in [1.29, 1.82) is 0 Å². The average molecular weight is 304 g/mol. The predicted molar refractivity (Wildman–Crippen MR) is 88.8 cm³/mol. The van der Waals surface area contributed by atoms with Crippen molar-refractivity contribution in [2.75, 3.05) is 7.11 Å². The van der Waals surface area contributed by atoms with Crippen LogP contribution >= 0.6 is 0 Å². The van der Waals surface area contributed by atoms with Crippen LogP contribution in [0.5, 0.6) is 5.75 Å². The smallest absolute Gasteiger partial charge is 0.136 e. The summed E-state index contributed by atoms with van der Waals surface area (Å²) in [6.07, 6.45) is 3.84. The van der Waals surface area contributed by atoms with Gasteiger partial charge in [-0.25, -0.2) is 0 Å². The van der Waals surface area contributed by atoms with Crippen molar-refractivity contribution in [3.8, 4) is 5.75 Å². The Morgan fingerprint density at radius 2 is 1.73 bits per heavy atom. The number of hydrogen-bond acceptors (Lipinski definition) is 4. The number of methoxy groups -OCH3 is 1. The SMILES string of the molecule is COc1ccc(C(C)N2C3CCC2CC(=O)C3)c(C)c1C.N. The summed E-state index contributed by atoms with van der Waals surface area (Å²) < 4.78 is 5.42. The van der Waals surface area contributed by atoms with E-state index in [1.54, 1.807) is 7.11 Å². The van der Waals surface area contributed by atoms with Gasteiger partial charge in [-0.1, -0.05) is 6.07 Å². The van der Waals surface area contributed by atoms with E-state index in [-0.39, 0.29) is 6.15 Å². The number of rotatable bonds is 3. The van der Waals surface area contributed by atoms with Gasteiger partial charge in [-0.2, -0.15) is 0 Å².